The Kier molecular flexibility index (Phi) is 38.7. The molecule has 9 nitrogen and oxygen atoms in total. The van der Waals surface area contributed by atoms with E-state index in [0.29, 0.717) is 24.9 Å². The standard InChI is InChI=1S/C34H71Cl3N4O5/c1-32(26-35)29-38-14-2-8-20-44-23-11-5-17-41(18-6-12-24-45-21-9-3-15-39-30-33(42)27-36)19-7-13-25-46-22-10-4-16-40-31-34(43)28-37/h32-34,38-40,42-43H,2-31H2,1H3. The van der Waals surface area contributed by atoms with Crippen LogP contribution in [-0.4, -0.2) is 144 Å². The van der Waals surface area contributed by atoms with E-state index in [1.807, 2.05) is 0 Å². The van der Waals surface area contributed by atoms with Crippen molar-refractivity contribution >= 4 is 34.8 Å². The second-order valence-corrected chi connectivity index (χ2v) is 13.3. The highest BCUT2D eigenvalue weighted by atomic mass is 35.5. The normalized spacial score (nSPS) is 13.9. The maximum Gasteiger partial charge on any atom is 0.0799 e. The zero-order chi connectivity index (χ0) is 33.8. The molecule has 3 atom stereocenters. The fourth-order valence-electron chi connectivity index (χ4n) is 4.67. The molecule has 0 rings (SSSR count). The molecular weight excluding hydrogens is 651 g/mol. The molecule has 0 heterocycles. The van der Waals surface area contributed by atoms with Crippen molar-refractivity contribution in [3.05, 3.63) is 0 Å². The van der Waals surface area contributed by atoms with E-state index < -0.39 is 12.2 Å². The van der Waals surface area contributed by atoms with Crippen LogP contribution in [0.15, 0.2) is 0 Å². The molecule has 0 aromatic rings. The van der Waals surface area contributed by atoms with E-state index in [1.165, 1.54) is 0 Å². The van der Waals surface area contributed by atoms with Crippen molar-refractivity contribution in [1.82, 2.24) is 20.9 Å². The van der Waals surface area contributed by atoms with Gasteiger partial charge in [-0.15, -0.1) is 34.8 Å². The van der Waals surface area contributed by atoms with E-state index in [2.05, 4.69) is 27.8 Å². The molecule has 278 valence electrons. The SMILES string of the molecule is CC(CCl)CNCCCCOCCCCN(CCCCOCCCCNCC(O)CCl)CCCCOCCCCNCC(O)CCl. The van der Waals surface area contributed by atoms with Crippen LogP contribution >= 0.6 is 34.8 Å². The lowest BCUT2D eigenvalue weighted by Gasteiger charge is -2.22. The van der Waals surface area contributed by atoms with Crippen molar-refractivity contribution in [3.8, 4) is 0 Å². The minimum absolute atomic E-state index is 0.272. The third kappa shape index (κ3) is 35.8. The van der Waals surface area contributed by atoms with Gasteiger partial charge in [-0.2, -0.15) is 0 Å². The van der Waals surface area contributed by atoms with Gasteiger partial charge in [-0.3, -0.25) is 0 Å². The lowest BCUT2D eigenvalue weighted by molar-refractivity contribution is 0.114. The van der Waals surface area contributed by atoms with E-state index in [1.54, 1.807) is 0 Å². The molecular formula is C34H71Cl3N4O5. The van der Waals surface area contributed by atoms with Crippen LogP contribution in [0, 0.1) is 5.92 Å². The first kappa shape index (κ1) is 46.5. The lowest BCUT2D eigenvalue weighted by atomic mass is 10.2. The van der Waals surface area contributed by atoms with Gasteiger partial charge < -0.3 is 45.3 Å². The van der Waals surface area contributed by atoms with E-state index >= 15 is 0 Å². The smallest absolute Gasteiger partial charge is 0.0799 e. The number of halogens is 3. The fraction of sp³-hybridized carbons (Fsp3) is 1.00. The number of aliphatic hydroxyl groups is 2. The first-order valence-corrected chi connectivity index (χ1v) is 19.8. The highest BCUT2D eigenvalue weighted by molar-refractivity contribution is 6.18. The van der Waals surface area contributed by atoms with E-state index in [4.69, 9.17) is 49.0 Å². The number of hydrogen-bond acceptors (Lipinski definition) is 9. The third-order valence-corrected chi connectivity index (χ3v) is 8.83. The third-order valence-electron chi connectivity index (χ3n) is 7.59. The summed E-state index contributed by atoms with van der Waals surface area (Å²) < 4.78 is 17.6. The summed E-state index contributed by atoms with van der Waals surface area (Å²) in [5, 5.41) is 28.8. The quantitative estimate of drug-likeness (QED) is 0.0450. The molecule has 0 aromatic heterocycles. The minimum atomic E-state index is -0.467. The Morgan fingerprint density at radius 3 is 1.13 bits per heavy atom. The van der Waals surface area contributed by atoms with Crippen LogP contribution in [0.3, 0.4) is 0 Å². The number of rotatable bonds is 39. The molecule has 0 bridgehead atoms. The summed E-state index contributed by atoms with van der Waals surface area (Å²) in [4.78, 5) is 2.61. The van der Waals surface area contributed by atoms with Gasteiger partial charge in [0.25, 0.3) is 0 Å². The Hall–Kier alpha value is 0.510. The Labute approximate surface area is 297 Å². The van der Waals surface area contributed by atoms with Crippen LogP contribution < -0.4 is 16.0 Å². The van der Waals surface area contributed by atoms with Gasteiger partial charge in [-0.1, -0.05) is 6.92 Å². The van der Waals surface area contributed by atoms with Gasteiger partial charge >= 0.3 is 0 Å². The zero-order valence-corrected chi connectivity index (χ0v) is 31.4. The molecule has 0 aromatic carbocycles. The second kappa shape index (κ2) is 38.3. The topological polar surface area (TPSA) is 107 Å². The number of hydrogen-bond donors (Lipinski definition) is 5. The lowest BCUT2D eigenvalue weighted by Crippen LogP contribution is -2.28. The van der Waals surface area contributed by atoms with Crippen LogP contribution in [0.4, 0.5) is 0 Å². The van der Waals surface area contributed by atoms with Gasteiger partial charge in [0.05, 0.1) is 12.2 Å². The Morgan fingerprint density at radius 2 is 0.804 bits per heavy atom. The van der Waals surface area contributed by atoms with Crippen molar-refractivity contribution in [2.24, 2.45) is 5.92 Å². The van der Waals surface area contributed by atoms with Gasteiger partial charge in [-0.05, 0) is 129 Å². The van der Waals surface area contributed by atoms with Crippen molar-refractivity contribution in [2.45, 2.75) is 96.2 Å². The Morgan fingerprint density at radius 1 is 0.478 bits per heavy atom. The first-order chi connectivity index (χ1) is 22.5. The number of aliphatic hydroxyl groups excluding tert-OH is 2. The summed E-state index contributed by atoms with van der Waals surface area (Å²) in [6, 6.07) is 0. The Balaban J connectivity index is 3.98. The van der Waals surface area contributed by atoms with Crippen molar-refractivity contribution in [2.75, 3.05) is 116 Å². The maximum absolute atomic E-state index is 9.45. The van der Waals surface area contributed by atoms with Crippen LogP contribution in [0.1, 0.15) is 84.0 Å². The van der Waals surface area contributed by atoms with E-state index in [-0.39, 0.29) is 11.8 Å². The highest BCUT2D eigenvalue weighted by Crippen LogP contribution is 2.05. The summed E-state index contributed by atoms with van der Waals surface area (Å²) in [6.07, 6.45) is 12.2. The average Bonchev–Trinajstić information content (AvgIpc) is 3.07. The summed E-state index contributed by atoms with van der Waals surface area (Å²) in [6.45, 7) is 15.3. The van der Waals surface area contributed by atoms with Gasteiger partial charge in [0, 0.05) is 70.4 Å². The molecule has 46 heavy (non-hydrogen) atoms. The number of unbranched alkanes of at least 4 members (excludes halogenated alkanes) is 6. The van der Waals surface area contributed by atoms with Crippen LogP contribution in [-0.2, 0) is 14.2 Å². The molecule has 0 aliphatic heterocycles. The zero-order valence-electron chi connectivity index (χ0n) is 29.1. The highest BCUT2D eigenvalue weighted by Gasteiger charge is 2.06. The number of alkyl halides is 3. The summed E-state index contributed by atoms with van der Waals surface area (Å²) in [7, 11) is 0. The largest absolute Gasteiger partial charge is 0.391 e. The fourth-order valence-corrected chi connectivity index (χ4v) is 5.00. The minimum Gasteiger partial charge on any atom is -0.391 e. The van der Waals surface area contributed by atoms with Gasteiger partial charge in [-0.25, -0.2) is 0 Å². The van der Waals surface area contributed by atoms with E-state index in [0.717, 1.165) is 163 Å². The molecule has 0 aliphatic rings. The second-order valence-electron chi connectivity index (χ2n) is 12.4. The average molecular weight is 722 g/mol. The number of nitrogens with zero attached hydrogens (tertiary/aromatic N) is 1. The summed E-state index contributed by atoms with van der Waals surface area (Å²) >= 11 is 17.1. The van der Waals surface area contributed by atoms with Crippen LogP contribution in [0.2, 0.25) is 0 Å². The number of nitrogens with one attached hydrogen (secondary N) is 3. The molecule has 0 aliphatic carbocycles. The van der Waals surface area contributed by atoms with Crippen LogP contribution in [0.5, 0.6) is 0 Å². The first-order valence-electron chi connectivity index (χ1n) is 18.1. The number of ether oxygens (including phenoxy) is 3. The molecule has 5 N–H and O–H groups in total. The molecule has 12 heteroatoms. The molecule has 0 fully saturated rings. The van der Waals surface area contributed by atoms with E-state index in [9.17, 15) is 10.2 Å². The van der Waals surface area contributed by atoms with Crippen LogP contribution in [0.25, 0.3) is 0 Å². The predicted molar refractivity (Wildman–Crippen MR) is 196 cm³/mol. The van der Waals surface area contributed by atoms with Gasteiger partial charge in [0.2, 0.25) is 0 Å². The van der Waals surface area contributed by atoms with Crippen molar-refractivity contribution < 1.29 is 24.4 Å². The van der Waals surface area contributed by atoms with Crippen molar-refractivity contribution in [3.63, 3.8) is 0 Å². The molecule has 0 saturated carbocycles. The molecule has 0 radical (unpaired) electrons. The summed E-state index contributed by atoms with van der Waals surface area (Å²) in [5.41, 5.74) is 0. The molecule has 0 amide bonds. The monoisotopic (exact) mass is 720 g/mol. The van der Waals surface area contributed by atoms with Gasteiger partial charge in [0.15, 0.2) is 0 Å². The maximum atomic E-state index is 9.45. The molecule has 3 unspecified atom stereocenters. The molecule has 0 spiro atoms. The summed E-state index contributed by atoms with van der Waals surface area (Å²) in [5.74, 6) is 1.78. The molecule has 0 saturated heterocycles. The Bertz CT molecular complexity index is 517. The van der Waals surface area contributed by atoms with Gasteiger partial charge in [0.1, 0.15) is 0 Å². The van der Waals surface area contributed by atoms with Crippen molar-refractivity contribution in [1.29, 1.82) is 0 Å². The predicted octanol–water partition coefficient (Wildman–Crippen LogP) is 4.86.